The second kappa shape index (κ2) is 10.3. The molecule has 0 unspecified atom stereocenters. The highest BCUT2D eigenvalue weighted by Crippen LogP contribution is 2.36. The topological polar surface area (TPSA) is 131 Å². The molecular weight excluding hydrogens is 532 g/mol. The van der Waals surface area contributed by atoms with Gasteiger partial charge in [0.15, 0.2) is 16.6 Å². The Hall–Kier alpha value is -4.97. The van der Waals surface area contributed by atoms with Gasteiger partial charge in [-0.25, -0.2) is 4.98 Å². The molecule has 3 aromatic carbocycles. The Bertz CT molecular complexity index is 1640. The lowest BCUT2D eigenvalue weighted by Gasteiger charge is -2.37. The maximum Gasteiger partial charge on any atom is 0.295 e. The van der Waals surface area contributed by atoms with Gasteiger partial charge in [-0.05, 0) is 30.3 Å². The zero-order valence-corrected chi connectivity index (χ0v) is 22.3. The SMILES string of the molecule is CO/N=C(\C(=O)N1CCN(c2ccc3c4c(cccc24)C(=O)N(Oc2ccccc2)C3=O)CC1)c1csc(N)n1. The van der Waals surface area contributed by atoms with Gasteiger partial charge >= 0.3 is 0 Å². The highest BCUT2D eigenvalue weighted by molar-refractivity contribution is 7.13. The summed E-state index contributed by atoms with van der Waals surface area (Å²) in [4.78, 5) is 58.5. The summed E-state index contributed by atoms with van der Waals surface area (Å²) >= 11 is 1.22. The number of hydroxylamine groups is 2. The highest BCUT2D eigenvalue weighted by atomic mass is 32.1. The van der Waals surface area contributed by atoms with Crippen LogP contribution in [0.3, 0.4) is 0 Å². The molecular formula is C28H24N6O5S. The van der Waals surface area contributed by atoms with E-state index >= 15 is 0 Å². The van der Waals surface area contributed by atoms with Crippen molar-refractivity contribution in [1.29, 1.82) is 0 Å². The summed E-state index contributed by atoms with van der Waals surface area (Å²) in [5, 5.41) is 8.11. The van der Waals surface area contributed by atoms with Crippen LogP contribution in [0.25, 0.3) is 10.8 Å². The van der Waals surface area contributed by atoms with Crippen LogP contribution < -0.4 is 15.5 Å². The summed E-state index contributed by atoms with van der Waals surface area (Å²) in [6.07, 6.45) is 0. The smallest absolute Gasteiger partial charge is 0.295 e. The number of hydrogen-bond donors (Lipinski definition) is 1. The van der Waals surface area contributed by atoms with Gasteiger partial charge in [0.2, 0.25) is 0 Å². The number of thiazole rings is 1. The van der Waals surface area contributed by atoms with Crippen molar-refractivity contribution >= 4 is 56.4 Å². The largest absolute Gasteiger partial charge is 0.398 e. The molecule has 0 spiro atoms. The van der Waals surface area contributed by atoms with Crippen LogP contribution in [0.5, 0.6) is 5.75 Å². The predicted molar refractivity (Wildman–Crippen MR) is 150 cm³/mol. The van der Waals surface area contributed by atoms with Gasteiger partial charge in [0.1, 0.15) is 12.8 Å². The molecule has 6 rings (SSSR count). The normalized spacial score (nSPS) is 15.5. The molecule has 1 aromatic heterocycles. The van der Waals surface area contributed by atoms with Gasteiger partial charge in [0.25, 0.3) is 17.7 Å². The number of nitrogens with zero attached hydrogens (tertiary/aromatic N) is 5. The molecule has 2 aliphatic rings. The first kappa shape index (κ1) is 25.3. The fourth-order valence-electron chi connectivity index (χ4n) is 4.99. The number of imide groups is 1. The number of rotatable bonds is 6. The van der Waals surface area contributed by atoms with Crippen molar-refractivity contribution in [2.24, 2.45) is 5.16 Å². The zero-order chi connectivity index (χ0) is 27.8. The van der Waals surface area contributed by atoms with Crippen LogP contribution in [-0.4, -0.2) is 71.7 Å². The van der Waals surface area contributed by atoms with E-state index in [9.17, 15) is 14.4 Å². The van der Waals surface area contributed by atoms with Crippen molar-refractivity contribution in [3.8, 4) is 5.75 Å². The Labute approximate surface area is 232 Å². The first-order valence-electron chi connectivity index (χ1n) is 12.5. The van der Waals surface area contributed by atoms with E-state index in [0.29, 0.717) is 59.3 Å². The quantitative estimate of drug-likeness (QED) is 0.218. The standard InChI is InChI=1S/C28H24N6O5S/c1-38-31-24(21-16-40-28(29)30-21)27(37)33-14-12-32(13-15-33)22-11-10-20-23-18(22)8-5-9-19(23)25(35)34(26(20)36)39-17-6-3-2-4-7-17/h2-11,16H,12-15H2,1H3,(H2,29,30)/b31-24-. The van der Waals surface area contributed by atoms with Crippen LogP contribution in [0.2, 0.25) is 0 Å². The van der Waals surface area contributed by atoms with Gasteiger partial charge in [0, 0.05) is 48.0 Å². The van der Waals surface area contributed by atoms with Crippen molar-refractivity contribution in [1.82, 2.24) is 14.9 Å². The van der Waals surface area contributed by atoms with Crippen molar-refractivity contribution in [3.05, 3.63) is 82.9 Å². The number of oxime groups is 1. The number of nitrogens with two attached hydrogens (primary N) is 1. The van der Waals surface area contributed by atoms with Crippen LogP contribution in [0, 0.1) is 0 Å². The van der Waals surface area contributed by atoms with E-state index < -0.39 is 11.8 Å². The summed E-state index contributed by atoms with van der Waals surface area (Å²) in [5.41, 5.74) is 7.88. The fourth-order valence-corrected chi connectivity index (χ4v) is 5.54. The molecule has 0 saturated carbocycles. The van der Waals surface area contributed by atoms with Crippen LogP contribution in [0.1, 0.15) is 26.4 Å². The summed E-state index contributed by atoms with van der Waals surface area (Å²) in [6, 6.07) is 17.7. The van der Waals surface area contributed by atoms with Crippen molar-refractivity contribution in [2.45, 2.75) is 0 Å². The average Bonchev–Trinajstić information content (AvgIpc) is 3.42. The van der Waals surface area contributed by atoms with Crippen LogP contribution in [-0.2, 0) is 9.63 Å². The maximum absolute atomic E-state index is 13.3. The van der Waals surface area contributed by atoms with Gasteiger partial charge in [0.05, 0.1) is 11.1 Å². The van der Waals surface area contributed by atoms with E-state index in [1.54, 1.807) is 52.7 Å². The highest BCUT2D eigenvalue weighted by Gasteiger charge is 2.36. The fraction of sp³-hybridized carbons (Fsp3) is 0.179. The Morgan fingerprint density at radius 3 is 2.35 bits per heavy atom. The number of carbonyl (C=O) groups excluding carboxylic acids is 3. The van der Waals surface area contributed by atoms with Crippen LogP contribution in [0.15, 0.2) is 71.2 Å². The Balaban J connectivity index is 1.25. The van der Waals surface area contributed by atoms with Crippen molar-refractivity contribution in [3.63, 3.8) is 0 Å². The van der Waals surface area contributed by atoms with E-state index in [2.05, 4.69) is 15.0 Å². The second-order valence-electron chi connectivity index (χ2n) is 9.14. The number of aromatic nitrogens is 1. The minimum absolute atomic E-state index is 0.102. The minimum atomic E-state index is -0.521. The third kappa shape index (κ3) is 4.37. The molecule has 12 heteroatoms. The molecule has 0 aliphatic carbocycles. The Morgan fingerprint density at radius 1 is 0.950 bits per heavy atom. The van der Waals surface area contributed by atoms with E-state index in [1.807, 2.05) is 18.2 Å². The van der Waals surface area contributed by atoms with Crippen molar-refractivity contribution in [2.75, 3.05) is 43.9 Å². The Morgan fingerprint density at radius 2 is 1.68 bits per heavy atom. The predicted octanol–water partition coefficient (Wildman–Crippen LogP) is 3.17. The molecule has 1 fully saturated rings. The zero-order valence-electron chi connectivity index (χ0n) is 21.4. The summed E-state index contributed by atoms with van der Waals surface area (Å²) < 4.78 is 0. The lowest BCUT2D eigenvalue weighted by Crippen LogP contribution is -2.51. The molecule has 4 aromatic rings. The molecule has 2 aliphatic heterocycles. The minimum Gasteiger partial charge on any atom is -0.398 e. The number of piperazine rings is 1. The first-order valence-corrected chi connectivity index (χ1v) is 13.4. The van der Waals surface area contributed by atoms with E-state index in [1.165, 1.54) is 18.4 Å². The number of amides is 3. The number of hydrogen-bond acceptors (Lipinski definition) is 10. The van der Waals surface area contributed by atoms with E-state index in [4.69, 9.17) is 15.4 Å². The van der Waals surface area contributed by atoms with Crippen LogP contribution in [0.4, 0.5) is 10.8 Å². The third-order valence-corrected chi connectivity index (χ3v) is 7.52. The third-order valence-electron chi connectivity index (χ3n) is 6.84. The summed E-state index contributed by atoms with van der Waals surface area (Å²) in [5.74, 6) is -0.946. The number of carbonyl (C=O) groups is 3. The van der Waals surface area contributed by atoms with E-state index in [0.717, 1.165) is 16.1 Å². The molecule has 202 valence electrons. The van der Waals surface area contributed by atoms with Crippen molar-refractivity contribution < 1.29 is 24.1 Å². The average molecular weight is 557 g/mol. The Kier molecular flexibility index (Phi) is 6.52. The molecule has 11 nitrogen and oxygen atoms in total. The lowest BCUT2D eigenvalue weighted by atomic mass is 9.93. The molecule has 0 radical (unpaired) electrons. The van der Waals surface area contributed by atoms with Gasteiger partial charge in [-0.1, -0.05) is 40.6 Å². The molecule has 0 bridgehead atoms. The van der Waals surface area contributed by atoms with Gasteiger partial charge in [-0.15, -0.1) is 11.3 Å². The first-order chi connectivity index (χ1) is 19.5. The van der Waals surface area contributed by atoms with Gasteiger partial charge < -0.3 is 25.2 Å². The number of anilines is 2. The summed E-state index contributed by atoms with van der Waals surface area (Å²) in [7, 11) is 1.38. The monoisotopic (exact) mass is 556 g/mol. The number of para-hydroxylation sites is 1. The molecule has 0 atom stereocenters. The number of benzene rings is 3. The molecule has 40 heavy (non-hydrogen) atoms. The molecule has 3 heterocycles. The maximum atomic E-state index is 13.3. The summed E-state index contributed by atoms with van der Waals surface area (Å²) in [6.45, 7) is 1.94. The molecule has 3 amide bonds. The van der Waals surface area contributed by atoms with E-state index in [-0.39, 0.29) is 11.6 Å². The van der Waals surface area contributed by atoms with Crippen LogP contribution >= 0.6 is 11.3 Å². The molecule has 2 N–H and O–H groups in total. The van der Waals surface area contributed by atoms with Gasteiger partial charge in [-0.3, -0.25) is 14.4 Å². The second-order valence-corrected chi connectivity index (χ2v) is 10.0. The molecule has 1 saturated heterocycles. The lowest BCUT2D eigenvalue weighted by molar-refractivity contribution is -0.124. The van der Waals surface area contributed by atoms with Gasteiger partial charge in [-0.2, -0.15) is 0 Å². The number of nitrogen functional groups attached to an aromatic ring is 1.